The number of rotatable bonds is 7. The van der Waals surface area contributed by atoms with Crippen molar-refractivity contribution in [1.29, 1.82) is 0 Å². The molecule has 2 atom stereocenters. The molecule has 0 N–H and O–H groups in total. The van der Waals surface area contributed by atoms with Crippen LogP contribution in [0.3, 0.4) is 0 Å². The number of Topliss-reactive ketones (excluding diaryl/α,β-unsaturated/α-hetero) is 1. The molecule has 2 aromatic rings. The summed E-state index contributed by atoms with van der Waals surface area (Å²) in [5, 5.41) is 23.3. The van der Waals surface area contributed by atoms with Crippen LogP contribution in [0.5, 0.6) is 0 Å². The smallest absolute Gasteiger partial charge is 0.273 e. The highest BCUT2D eigenvalue weighted by molar-refractivity contribution is 6.09. The molecule has 0 spiro atoms. The lowest BCUT2D eigenvalue weighted by Crippen LogP contribution is -2.52. The number of nitrogens with zero attached hydrogens (tertiary/aromatic N) is 4. The first-order valence-corrected chi connectivity index (χ1v) is 10.6. The molecule has 4 rings (SSSR count). The molecule has 0 saturated carbocycles. The molecule has 2 aromatic carbocycles. The first-order chi connectivity index (χ1) is 16.7. The molecule has 12 nitrogen and oxygen atoms in total. The topological polar surface area (TPSA) is 161 Å². The Balaban J connectivity index is 1.67. The average Bonchev–Trinajstić information content (AvgIpc) is 3.12. The highest BCUT2D eigenvalue weighted by atomic mass is 16.6. The molecule has 1 aliphatic heterocycles. The van der Waals surface area contributed by atoms with E-state index in [1.807, 2.05) is 0 Å². The summed E-state index contributed by atoms with van der Waals surface area (Å²) in [6, 6.07) is 9.22. The number of amides is 3. The number of hydrogen-bond donors (Lipinski definition) is 0. The number of non-ortho nitro benzene ring substituents is 2. The quantitative estimate of drug-likeness (QED) is 0.193. The molecular weight excluding hydrogens is 460 g/mol. The Labute approximate surface area is 197 Å². The Morgan fingerprint density at radius 1 is 0.800 bits per heavy atom. The summed E-state index contributed by atoms with van der Waals surface area (Å²) in [7, 11) is 0. The zero-order chi connectivity index (χ0) is 25.3. The predicted octanol–water partition coefficient (Wildman–Crippen LogP) is 2.69. The number of allylic oxidation sites excluding steroid dienone is 2. The van der Waals surface area contributed by atoms with E-state index in [0.29, 0.717) is 17.9 Å². The Bertz CT molecular complexity index is 1240. The van der Waals surface area contributed by atoms with Crippen LogP contribution in [-0.2, 0) is 9.59 Å². The number of ketones is 1. The third-order valence-corrected chi connectivity index (χ3v) is 5.98. The minimum absolute atomic E-state index is 0.0373. The molecular formula is C23H18N4O8. The van der Waals surface area contributed by atoms with Gasteiger partial charge in [0.2, 0.25) is 0 Å². The molecule has 1 saturated heterocycles. The molecule has 0 bridgehead atoms. The van der Waals surface area contributed by atoms with Crippen molar-refractivity contribution in [1.82, 2.24) is 10.0 Å². The van der Waals surface area contributed by atoms with Crippen LogP contribution in [0.4, 0.5) is 11.4 Å². The molecule has 1 fully saturated rings. The van der Waals surface area contributed by atoms with E-state index in [1.54, 1.807) is 12.2 Å². The van der Waals surface area contributed by atoms with Gasteiger partial charge in [0.1, 0.15) is 6.54 Å². The molecule has 2 aliphatic rings. The Morgan fingerprint density at radius 3 is 1.66 bits per heavy atom. The maximum atomic E-state index is 13.4. The predicted molar refractivity (Wildman–Crippen MR) is 119 cm³/mol. The number of benzene rings is 2. The lowest BCUT2D eigenvalue weighted by Gasteiger charge is -2.30. The van der Waals surface area contributed by atoms with Gasteiger partial charge >= 0.3 is 0 Å². The molecule has 0 aromatic heterocycles. The van der Waals surface area contributed by atoms with E-state index < -0.39 is 51.7 Å². The van der Waals surface area contributed by atoms with E-state index in [1.165, 1.54) is 24.3 Å². The van der Waals surface area contributed by atoms with Crippen molar-refractivity contribution >= 4 is 34.9 Å². The van der Waals surface area contributed by atoms with Crippen molar-refractivity contribution in [3.63, 3.8) is 0 Å². The van der Waals surface area contributed by atoms with Crippen molar-refractivity contribution < 1.29 is 29.0 Å². The molecule has 35 heavy (non-hydrogen) atoms. The maximum absolute atomic E-state index is 13.4. The standard InChI is InChI=1S/C23H18N4O8/c28-20(14-5-9-16(10-6-14)26(32)33)13-24(21(29)15-7-11-17(12-8-15)27(34)35)25-22(30)18-3-1-2-4-19(18)23(25)31/h1-2,5-12,18-19H,3-4,13H2/t18-,19-/m0/s1. The molecule has 12 heteroatoms. The Morgan fingerprint density at radius 2 is 1.23 bits per heavy atom. The van der Waals surface area contributed by atoms with E-state index in [-0.39, 0.29) is 22.5 Å². The van der Waals surface area contributed by atoms with Gasteiger partial charge in [0.05, 0.1) is 21.7 Å². The van der Waals surface area contributed by atoms with Crippen LogP contribution < -0.4 is 0 Å². The summed E-state index contributed by atoms with van der Waals surface area (Å²) in [4.78, 5) is 73.1. The summed E-state index contributed by atoms with van der Waals surface area (Å²) < 4.78 is 0. The number of carbonyl (C=O) groups is 4. The summed E-state index contributed by atoms with van der Waals surface area (Å²) in [6.07, 6.45) is 4.20. The van der Waals surface area contributed by atoms with Crippen LogP contribution in [0.1, 0.15) is 33.6 Å². The first kappa shape index (κ1) is 23.4. The van der Waals surface area contributed by atoms with Crippen LogP contribution in [-0.4, -0.2) is 49.9 Å². The van der Waals surface area contributed by atoms with Crippen molar-refractivity contribution in [2.45, 2.75) is 12.8 Å². The maximum Gasteiger partial charge on any atom is 0.273 e. The van der Waals surface area contributed by atoms with Gasteiger partial charge in [-0.2, -0.15) is 5.01 Å². The van der Waals surface area contributed by atoms with E-state index in [9.17, 15) is 39.4 Å². The van der Waals surface area contributed by atoms with Crippen molar-refractivity contribution in [2.24, 2.45) is 11.8 Å². The van der Waals surface area contributed by atoms with E-state index in [4.69, 9.17) is 0 Å². The Hall–Kier alpha value is -4.74. The van der Waals surface area contributed by atoms with Gasteiger partial charge in [-0.25, -0.2) is 5.01 Å². The van der Waals surface area contributed by atoms with Crippen LogP contribution >= 0.6 is 0 Å². The second-order valence-corrected chi connectivity index (χ2v) is 8.04. The van der Waals surface area contributed by atoms with Gasteiger partial charge in [0.15, 0.2) is 5.78 Å². The molecule has 0 unspecified atom stereocenters. The summed E-state index contributed by atoms with van der Waals surface area (Å²) in [5.41, 5.74) is -0.529. The lowest BCUT2D eigenvalue weighted by atomic mass is 9.85. The van der Waals surface area contributed by atoms with Crippen LogP contribution in [0.2, 0.25) is 0 Å². The third kappa shape index (κ3) is 4.40. The molecule has 3 amide bonds. The zero-order valence-electron chi connectivity index (χ0n) is 18.1. The fourth-order valence-corrected chi connectivity index (χ4v) is 4.13. The van der Waals surface area contributed by atoms with Crippen LogP contribution in [0.15, 0.2) is 60.7 Å². The van der Waals surface area contributed by atoms with Gasteiger partial charge in [-0.15, -0.1) is 0 Å². The first-order valence-electron chi connectivity index (χ1n) is 10.6. The van der Waals surface area contributed by atoms with Crippen molar-refractivity contribution in [3.8, 4) is 0 Å². The molecule has 0 radical (unpaired) electrons. The average molecular weight is 478 g/mol. The van der Waals surface area contributed by atoms with Gasteiger partial charge in [0, 0.05) is 35.4 Å². The summed E-state index contributed by atoms with van der Waals surface area (Å²) in [5.74, 6) is -4.08. The van der Waals surface area contributed by atoms with Gasteiger partial charge < -0.3 is 0 Å². The fraction of sp³-hybridized carbons (Fsp3) is 0.217. The van der Waals surface area contributed by atoms with Gasteiger partial charge in [-0.1, -0.05) is 12.2 Å². The van der Waals surface area contributed by atoms with Gasteiger partial charge in [-0.3, -0.25) is 39.4 Å². The van der Waals surface area contributed by atoms with Crippen molar-refractivity contribution in [3.05, 3.63) is 92.0 Å². The van der Waals surface area contributed by atoms with E-state index >= 15 is 0 Å². The SMILES string of the molecule is O=C(CN(C(=O)c1ccc([N+](=O)[O-])cc1)N1C(=O)[C@H]2CC=CC[C@@H]2C1=O)c1ccc([N+](=O)[O-])cc1. The largest absolute Gasteiger partial charge is 0.292 e. The lowest BCUT2D eigenvalue weighted by molar-refractivity contribution is -0.385. The van der Waals surface area contributed by atoms with Gasteiger partial charge in [-0.05, 0) is 37.1 Å². The molecule has 178 valence electrons. The normalized spacial score (nSPS) is 18.8. The third-order valence-electron chi connectivity index (χ3n) is 5.98. The number of carbonyl (C=O) groups excluding carboxylic acids is 4. The number of nitro benzene ring substituents is 2. The fourth-order valence-electron chi connectivity index (χ4n) is 4.13. The van der Waals surface area contributed by atoms with Gasteiger partial charge in [0.25, 0.3) is 29.1 Å². The number of hydrogen-bond acceptors (Lipinski definition) is 8. The Kier molecular flexibility index (Phi) is 6.19. The zero-order valence-corrected chi connectivity index (χ0v) is 18.1. The number of fused-ring (bicyclic) bond motifs is 1. The summed E-state index contributed by atoms with van der Waals surface area (Å²) in [6.45, 7) is -0.696. The number of hydrazine groups is 1. The molecule has 1 aliphatic carbocycles. The number of imide groups is 1. The number of nitro groups is 2. The minimum atomic E-state index is -0.872. The minimum Gasteiger partial charge on any atom is -0.292 e. The van der Waals surface area contributed by atoms with E-state index in [0.717, 1.165) is 29.3 Å². The second kappa shape index (κ2) is 9.25. The highest BCUT2D eigenvalue weighted by Crippen LogP contribution is 2.36. The monoisotopic (exact) mass is 478 g/mol. The highest BCUT2D eigenvalue weighted by Gasteiger charge is 2.51. The second-order valence-electron chi connectivity index (χ2n) is 8.04. The molecule has 1 heterocycles. The van der Waals surface area contributed by atoms with Crippen LogP contribution in [0.25, 0.3) is 0 Å². The van der Waals surface area contributed by atoms with Crippen molar-refractivity contribution in [2.75, 3.05) is 6.54 Å². The summed E-state index contributed by atoms with van der Waals surface area (Å²) >= 11 is 0. The van der Waals surface area contributed by atoms with E-state index in [2.05, 4.69) is 0 Å². The van der Waals surface area contributed by atoms with Crippen LogP contribution in [0, 0.1) is 32.1 Å².